The summed E-state index contributed by atoms with van der Waals surface area (Å²) in [7, 11) is 0. The smallest absolute Gasteiger partial charge is 0.0610 e. The third kappa shape index (κ3) is 2.38. The average Bonchev–Trinajstić information content (AvgIpc) is 2.94. The van der Waals surface area contributed by atoms with Gasteiger partial charge in [-0.25, -0.2) is 0 Å². The lowest BCUT2D eigenvalue weighted by molar-refractivity contribution is 0.0411. The summed E-state index contributed by atoms with van der Waals surface area (Å²) in [6.45, 7) is 3.22. The molecule has 92 valence electrons. The van der Waals surface area contributed by atoms with Gasteiger partial charge in [0, 0.05) is 19.1 Å². The molecule has 0 bridgehead atoms. The number of nitrogens with one attached hydrogen (secondary N) is 1. The number of piperidine rings is 1. The second kappa shape index (κ2) is 5.19. The van der Waals surface area contributed by atoms with Crippen LogP contribution in [0.2, 0.25) is 0 Å². The Hall–Kier alpha value is -0.860. The molecule has 2 aliphatic rings. The average molecular weight is 231 g/mol. The zero-order valence-electron chi connectivity index (χ0n) is 10.3. The van der Waals surface area contributed by atoms with E-state index >= 15 is 0 Å². The SMILES string of the molecule is c1ccc(C2CNCCC2C2CCCO2)cc1. The topological polar surface area (TPSA) is 21.3 Å². The number of hydrogen-bond acceptors (Lipinski definition) is 2. The molecule has 3 unspecified atom stereocenters. The van der Waals surface area contributed by atoms with E-state index in [0.29, 0.717) is 17.9 Å². The van der Waals surface area contributed by atoms with Crippen LogP contribution in [0, 0.1) is 5.92 Å². The first kappa shape index (κ1) is 11.2. The van der Waals surface area contributed by atoms with Gasteiger partial charge in [0.05, 0.1) is 6.10 Å². The highest BCUT2D eigenvalue weighted by molar-refractivity contribution is 5.22. The molecular formula is C15H21NO. The van der Waals surface area contributed by atoms with Crippen LogP contribution in [0.15, 0.2) is 30.3 Å². The monoisotopic (exact) mass is 231 g/mol. The van der Waals surface area contributed by atoms with Crippen molar-refractivity contribution >= 4 is 0 Å². The fraction of sp³-hybridized carbons (Fsp3) is 0.600. The Morgan fingerprint density at radius 1 is 1.12 bits per heavy atom. The van der Waals surface area contributed by atoms with E-state index in [9.17, 15) is 0 Å². The maximum absolute atomic E-state index is 5.92. The molecule has 2 fully saturated rings. The lowest BCUT2D eigenvalue weighted by Crippen LogP contribution is -2.40. The first-order chi connectivity index (χ1) is 8.45. The van der Waals surface area contributed by atoms with Crippen molar-refractivity contribution in [2.75, 3.05) is 19.7 Å². The van der Waals surface area contributed by atoms with Crippen molar-refractivity contribution in [3.8, 4) is 0 Å². The van der Waals surface area contributed by atoms with Crippen molar-refractivity contribution < 1.29 is 4.74 Å². The van der Waals surface area contributed by atoms with Crippen LogP contribution in [0.4, 0.5) is 0 Å². The summed E-state index contributed by atoms with van der Waals surface area (Å²) < 4.78 is 5.92. The fourth-order valence-electron chi connectivity index (χ4n) is 3.33. The summed E-state index contributed by atoms with van der Waals surface area (Å²) in [6, 6.07) is 10.9. The second-order valence-electron chi connectivity index (χ2n) is 5.23. The molecule has 1 aromatic rings. The van der Waals surface area contributed by atoms with E-state index < -0.39 is 0 Å². The molecule has 0 saturated carbocycles. The third-order valence-electron chi connectivity index (χ3n) is 4.21. The summed E-state index contributed by atoms with van der Waals surface area (Å²) >= 11 is 0. The van der Waals surface area contributed by atoms with Gasteiger partial charge in [-0.3, -0.25) is 0 Å². The fourth-order valence-corrected chi connectivity index (χ4v) is 3.33. The van der Waals surface area contributed by atoms with Crippen LogP contribution >= 0.6 is 0 Å². The van der Waals surface area contributed by atoms with Gasteiger partial charge in [0.15, 0.2) is 0 Å². The molecule has 2 heterocycles. The van der Waals surface area contributed by atoms with Crippen LogP contribution in [-0.4, -0.2) is 25.8 Å². The van der Waals surface area contributed by atoms with E-state index in [4.69, 9.17) is 4.74 Å². The maximum Gasteiger partial charge on any atom is 0.0610 e. The van der Waals surface area contributed by atoms with Gasteiger partial charge in [0.2, 0.25) is 0 Å². The third-order valence-corrected chi connectivity index (χ3v) is 4.21. The van der Waals surface area contributed by atoms with Crippen molar-refractivity contribution in [1.82, 2.24) is 5.32 Å². The van der Waals surface area contributed by atoms with Gasteiger partial charge in [-0.15, -0.1) is 0 Å². The van der Waals surface area contributed by atoms with Crippen molar-refractivity contribution in [3.05, 3.63) is 35.9 Å². The predicted molar refractivity (Wildman–Crippen MR) is 69.1 cm³/mol. The quantitative estimate of drug-likeness (QED) is 0.844. The predicted octanol–water partition coefficient (Wildman–Crippen LogP) is 2.56. The summed E-state index contributed by atoms with van der Waals surface area (Å²) in [5.41, 5.74) is 1.47. The summed E-state index contributed by atoms with van der Waals surface area (Å²) in [5.74, 6) is 1.34. The molecule has 0 amide bonds. The van der Waals surface area contributed by atoms with E-state index in [-0.39, 0.29) is 0 Å². The van der Waals surface area contributed by atoms with Gasteiger partial charge in [0.25, 0.3) is 0 Å². The lowest BCUT2D eigenvalue weighted by Gasteiger charge is -2.36. The van der Waals surface area contributed by atoms with Crippen molar-refractivity contribution in [3.63, 3.8) is 0 Å². The van der Waals surface area contributed by atoms with Crippen LogP contribution in [0.25, 0.3) is 0 Å². The van der Waals surface area contributed by atoms with Crippen molar-refractivity contribution in [2.45, 2.75) is 31.3 Å². The molecule has 3 atom stereocenters. The molecule has 2 nitrogen and oxygen atoms in total. The molecule has 0 spiro atoms. The summed E-state index contributed by atoms with van der Waals surface area (Å²) in [6.07, 6.45) is 4.26. The highest BCUT2D eigenvalue weighted by Gasteiger charge is 2.34. The summed E-state index contributed by atoms with van der Waals surface area (Å²) in [4.78, 5) is 0. The molecule has 2 heteroatoms. The Kier molecular flexibility index (Phi) is 3.44. The number of hydrogen-bond donors (Lipinski definition) is 1. The van der Waals surface area contributed by atoms with E-state index in [1.165, 1.54) is 24.8 Å². The molecule has 3 rings (SSSR count). The van der Waals surface area contributed by atoms with E-state index in [1.807, 2.05) is 0 Å². The van der Waals surface area contributed by atoms with Gasteiger partial charge in [-0.05, 0) is 37.3 Å². The van der Waals surface area contributed by atoms with E-state index in [0.717, 1.165) is 19.7 Å². The first-order valence-electron chi connectivity index (χ1n) is 6.82. The lowest BCUT2D eigenvalue weighted by atomic mass is 9.77. The second-order valence-corrected chi connectivity index (χ2v) is 5.23. The Morgan fingerprint density at radius 3 is 2.76 bits per heavy atom. The van der Waals surface area contributed by atoms with Gasteiger partial charge in [0.1, 0.15) is 0 Å². The minimum absolute atomic E-state index is 0.502. The van der Waals surface area contributed by atoms with Crippen LogP contribution < -0.4 is 5.32 Å². The Morgan fingerprint density at radius 2 is 2.00 bits per heavy atom. The van der Waals surface area contributed by atoms with E-state index in [2.05, 4.69) is 35.6 Å². The highest BCUT2D eigenvalue weighted by atomic mass is 16.5. The Balaban J connectivity index is 1.80. The standard InChI is InChI=1S/C15H21NO/c1-2-5-12(6-3-1)14-11-16-9-8-13(14)15-7-4-10-17-15/h1-3,5-6,13-16H,4,7-11H2. The largest absolute Gasteiger partial charge is 0.378 e. The number of rotatable bonds is 2. The molecule has 17 heavy (non-hydrogen) atoms. The van der Waals surface area contributed by atoms with Gasteiger partial charge in [-0.1, -0.05) is 30.3 Å². The normalized spacial score (nSPS) is 33.8. The van der Waals surface area contributed by atoms with Gasteiger partial charge < -0.3 is 10.1 Å². The molecule has 2 aliphatic heterocycles. The molecule has 0 radical (unpaired) electrons. The van der Waals surface area contributed by atoms with Crippen LogP contribution in [0.3, 0.4) is 0 Å². The van der Waals surface area contributed by atoms with Crippen LogP contribution in [0.1, 0.15) is 30.7 Å². The minimum atomic E-state index is 0.502. The first-order valence-corrected chi connectivity index (χ1v) is 6.82. The molecule has 1 N–H and O–H groups in total. The Bertz CT molecular complexity index is 345. The van der Waals surface area contributed by atoms with Crippen molar-refractivity contribution in [2.24, 2.45) is 5.92 Å². The zero-order valence-corrected chi connectivity index (χ0v) is 10.3. The molecule has 0 aromatic heterocycles. The molecule has 1 aromatic carbocycles. The van der Waals surface area contributed by atoms with Gasteiger partial charge in [-0.2, -0.15) is 0 Å². The molecule has 2 saturated heterocycles. The Labute approximate surface area is 103 Å². The highest BCUT2D eigenvalue weighted by Crippen LogP contribution is 2.36. The zero-order chi connectivity index (χ0) is 11.5. The maximum atomic E-state index is 5.92. The van der Waals surface area contributed by atoms with Crippen LogP contribution in [-0.2, 0) is 4.74 Å². The molecular weight excluding hydrogens is 210 g/mol. The number of ether oxygens (including phenoxy) is 1. The van der Waals surface area contributed by atoms with Crippen LogP contribution in [0.5, 0.6) is 0 Å². The van der Waals surface area contributed by atoms with E-state index in [1.54, 1.807) is 0 Å². The molecule has 0 aliphatic carbocycles. The number of benzene rings is 1. The van der Waals surface area contributed by atoms with Crippen molar-refractivity contribution in [1.29, 1.82) is 0 Å². The minimum Gasteiger partial charge on any atom is -0.378 e. The summed E-state index contributed by atoms with van der Waals surface area (Å²) in [5, 5.41) is 3.53. The van der Waals surface area contributed by atoms with Gasteiger partial charge >= 0.3 is 0 Å².